The van der Waals surface area contributed by atoms with Crippen molar-refractivity contribution in [2.45, 2.75) is 25.8 Å². The maximum atomic E-state index is 12.8. The van der Waals surface area contributed by atoms with E-state index in [2.05, 4.69) is 12.2 Å². The molecule has 1 heterocycles. The lowest BCUT2D eigenvalue weighted by Gasteiger charge is -2.32. The molecule has 1 saturated carbocycles. The fourth-order valence-corrected chi connectivity index (χ4v) is 3.54. The normalized spacial score (nSPS) is 20.0. The van der Waals surface area contributed by atoms with Crippen molar-refractivity contribution in [2.75, 3.05) is 19.6 Å². The summed E-state index contributed by atoms with van der Waals surface area (Å²) < 4.78 is 0. The van der Waals surface area contributed by atoms with Crippen LogP contribution in [0.15, 0.2) is 48.5 Å². The largest absolute Gasteiger partial charge is 0.336 e. The topological polar surface area (TPSA) is 49.4 Å². The molecule has 1 aliphatic carbocycles. The summed E-state index contributed by atoms with van der Waals surface area (Å²) in [6, 6.07) is 15.9. The lowest BCUT2D eigenvalue weighted by Crippen LogP contribution is -2.51. The van der Waals surface area contributed by atoms with Crippen LogP contribution >= 0.6 is 0 Å². The highest BCUT2D eigenvalue weighted by atomic mass is 16.2. The Balaban J connectivity index is 1.53. The van der Waals surface area contributed by atoms with Gasteiger partial charge in [0.1, 0.15) is 0 Å². The fourth-order valence-electron chi connectivity index (χ4n) is 3.54. The zero-order valence-corrected chi connectivity index (χ0v) is 15.1. The number of rotatable bonds is 4. The summed E-state index contributed by atoms with van der Waals surface area (Å²) in [4.78, 5) is 26.9. The molecule has 134 valence electrons. The van der Waals surface area contributed by atoms with Crippen LogP contribution in [-0.2, 0) is 0 Å². The maximum Gasteiger partial charge on any atom is 0.253 e. The zero-order valence-electron chi connectivity index (χ0n) is 15.1. The monoisotopic (exact) mass is 348 g/mol. The molecule has 4 heteroatoms. The molecule has 2 aromatic rings. The number of nitrogens with one attached hydrogen (secondary N) is 1. The van der Waals surface area contributed by atoms with E-state index in [4.69, 9.17) is 0 Å². The van der Waals surface area contributed by atoms with E-state index in [0.29, 0.717) is 6.04 Å². The number of carbonyl (C=O) groups excluding carboxylic acids is 2. The average molecular weight is 348 g/mol. The molecule has 2 aromatic carbocycles. The van der Waals surface area contributed by atoms with E-state index >= 15 is 0 Å². The van der Waals surface area contributed by atoms with Gasteiger partial charge in [0.25, 0.3) is 5.91 Å². The number of carbonyl (C=O) groups is 2. The van der Waals surface area contributed by atoms with Crippen molar-refractivity contribution in [2.24, 2.45) is 5.92 Å². The average Bonchev–Trinajstić information content (AvgIpc) is 3.52. The van der Waals surface area contributed by atoms with Gasteiger partial charge in [0.05, 0.1) is 0 Å². The molecule has 1 N–H and O–H groups in total. The number of hydrogen-bond acceptors (Lipinski definition) is 3. The van der Waals surface area contributed by atoms with Gasteiger partial charge in [-0.05, 0) is 43.0 Å². The molecule has 1 saturated heterocycles. The van der Waals surface area contributed by atoms with Gasteiger partial charge in [0.2, 0.25) is 0 Å². The summed E-state index contributed by atoms with van der Waals surface area (Å²) in [5.74, 6) is 0.581. The van der Waals surface area contributed by atoms with Gasteiger partial charge in [-0.1, -0.05) is 36.4 Å². The van der Waals surface area contributed by atoms with E-state index in [0.717, 1.165) is 54.7 Å². The minimum atomic E-state index is 0.0840. The molecular weight excluding hydrogens is 324 g/mol. The highest BCUT2D eigenvalue weighted by molar-refractivity contribution is 6.00. The van der Waals surface area contributed by atoms with Crippen molar-refractivity contribution in [3.05, 3.63) is 59.7 Å². The van der Waals surface area contributed by atoms with Gasteiger partial charge in [0, 0.05) is 42.7 Å². The number of benzene rings is 2. The second-order valence-corrected chi connectivity index (χ2v) is 7.40. The molecular formula is C22H24N2O2. The molecule has 0 radical (unpaired) electrons. The molecule has 0 aromatic heterocycles. The van der Waals surface area contributed by atoms with Crippen molar-refractivity contribution in [1.82, 2.24) is 10.2 Å². The van der Waals surface area contributed by atoms with Crippen LogP contribution in [0.5, 0.6) is 0 Å². The smallest absolute Gasteiger partial charge is 0.253 e. The van der Waals surface area contributed by atoms with Crippen molar-refractivity contribution >= 4 is 11.7 Å². The van der Waals surface area contributed by atoms with Gasteiger partial charge in [-0.15, -0.1) is 0 Å². The van der Waals surface area contributed by atoms with Crippen molar-refractivity contribution in [3.63, 3.8) is 0 Å². The Morgan fingerprint density at radius 3 is 2.46 bits per heavy atom. The van der Waals surface area contributed by atoms with Crippen molar-refractivity contribution in [3.8, 4) is 11.1 Å². The highest BCUT2D eigenvalue weighted by Crippen LogP contribution is 2.33. The summed E-state index contributed by atoms with van der Waals surface area (Å²) >= 11 is 0. The lowest BCUT2D eigenvalue weighted by atomic mass is 9.99. The second-order valence-electron chi connectivity index (χ2n) is 7.40. The lowest BCUT2D eigenvalue weighted by molar-refractivity contribution is 0.0709. The zero-order chi connectivity index (χ0) is 18.1. The Morgan fingerprint density at radius 1 is 1.00 bits per heavy atom. The number of amides is 1. The van der Waals surface area contributed by atoms with Crippen LogP contribution in [0.2, 0.25) is 0 Å². The highest BCUT2D eigenvalue weighted by Gasteiger charge is 2.30. The third kappa shape index (κ3) is 3.56. The Kier molecular flexibility index (Phi) is 4.60. The van der Waals surface area contributed by atoms with Crippen LogP contribution < -0.4 is 5.32 Å². The number of hydrogen-bond donors (Lipinski definition) is 1. The van der Waals surface area contributed by atoms with E-state index in [1.807, 2.05) is 53.4 Å². The Hall–Kier alpha value is -2.46. The summed E-state index contributed by atoms with van der Waals surface area (Å²) in [6.45, 7) is 4.41. The predicted octanol–water partition coefficient (Wildman–Crippen LogP) is 3.38. The van der Waals surface area contributed by atoms with E-state index in [1.165, 1.54) is 0 Å². The minimum Gasteiger partial charge on any atom is -0.336 e. The number of piperazine rings is 1. The molecule has 4 nitrogen and oxygen atoms in total. The molecule has 4 rings (SSSR count). The van der Waals surface area contributed by atoms with Gasteiger partial charge in [-0.25, -0.2) is 0 Å². The molecule has 1 aliphatic heterocycles. The van der Waals surface area contributed by atoms with Crippen molar-refractivity contribution in [1.29, 1.82) is 0 Å². The molecule has 0 spiro atoms. The molecule has 1 atom stereocenters. The van der Waals surface area contributed by atoms with Gasteiger partial charge in [-0.3, -0.25) is 9.59 Å². The van der Waals surface area contributed by atoms with Crippen LogP contribution in [0.4, 0.5) is 0 Å². The Morgan fingerprint density at radius 2 is 1.77 bits per heavy atom. The molecule has 1 amide bonds. The van der Waals surface area contributed by atoms with Crippen LogP contribution in [0.25, 0.3) is 11.1 Å². The van der Waals surface area contributed by atoms with E-state index < -0.39 is 0 Å². The Labute approximate surface area is 154 Å². The van der Waals surface area contributed by atoms with E-state index in [1.54, 1.807) is 0 Å². The van der Waals surface area contributed by atoms with Crippen molar-refractivity contribution < 1.29 is 9.59 Å². The van der Waals surface area contributed by atoms with Gasteiger partial charge in [0.15, 0.2) is 5.78 Å². The fraction of sp³-hybridized carbons (Fsp3) is 0.364. The van der Waals surface area contributed by atoms with E-state index in [9.17, 15) is 9.59 Å². The minimum absolute atomic E-state index is 0.0840. The first-order valence-electron chi connectivity index (χ1n) is 9.39. The second kappa shape index (κ2) is 7.04. The van der Waals surface area contributed by atoms with Crippen LogP contribution in [-0.4, -0.2) is 42.3 Å². The first kappa shape index (κ1) is 17.0. The standard InChI is InChI=1S/C22H24N2O2/c1-15-14-24(12-11-23-15)22(26)20-4-2-3-19(13-20)16-5-7-17(8-6-16)21(25)18-9-10-18/h2-8,13,15,18,23H,9-12,14H2,1H3/t15-/m1/s1. The number of nitrogens with zero attached hydrogens (tertiary/aromatic N) is 1. The third-order valence-electron chi connectivity index (χ3n) is 5.22. The van der Waals surface area contributed by atoms with Crippen LogP contribution in [0.1, 0.15) is 40.5 Å². The molecule has 2 fully saturated rings. The summed E-state index contributed by atoms with van der Waals surface area (Å²) in [5, 5.41) is 3.36. The van der Waals surface area contributed by atoms with Crippen LogP contribution in [0, 0.1) is 5.92 Å². The van der Waals surface area contributed by atoms with Gasteiger partial charge in [-0.2, -0.15) is 0 Å². The summed E-state index contributed by atoms with van der Waals surface area (Å²) in [6.07, 6.45) is 2.05. The van der Waals surface area contributed by atoms with Crippen LogP contribution in [0.3, 0.4) is 0 Å². The molecule has 0 unspecified atom stereocenters. The maximum absolute atomic E-state index is 12.8. The number of ketones is 1. The first-order chi connectivity index (χ1) is 12.6. The number of Topliss-reactive ketones (excluding diaryl/α,β-unsaturated/α-hetero) is 1. The third-order valence-corrected chi connectivity index (χ3v) is 5.22. The SMILES string of the molecule is C[C@@H]1CN(C(=O)c2cccc(-c3ccc(C(=O)C4CC4)cc3)c2)CCN1. The first-order valence-corrected chi connectivity index (χ1v) is 9.39. The van der Waals surface area contributed by atoms with Gasteiger partial charge >= 0.3 is 0 Å². The van der Waals surface area contributed by atoms with E-state index in [-0.39, 0.29) is 17.6 Å². The summed E-state index contributed by atoms with van der Waals surface area (Å²) in [5.41, 5.74) is 3.54. The predicted molar refractivity (Wildman–Crippen MR) is 102 cm³/mol. The molecule has 2 aliphatic rings. The molecule has 0 bridgehead atoms. The van der Waals surface area contributed by atoms with Gasteiger partial charge < -0.3 is 10.2 Å². The summed E-state index contributed by atoms with van der Waals surface area (Å²) in [7, 11) is 0. The Bertz CT molecular complexity index is 824. The quantitative estimate of drug-likeness (QED) is 0.862. The molecule has 26 heavy (non-hydrogen) atoms.